The summed E-state index contributed by atoms with van der Waals surface area (Å²) < 4.78 is 0. The summed E-state index contributed by atoms with van der Waals surface area (Å²) in [5, 5.41) is 7.19. The molecule has 0 aliphatic rings. The van der Waals surface area contributed by atoms with Crippen LogP contribution in [0.5, 0.6) is 0 Å². The van der Waals surface area contributed by atoms with Crippen LogP contribution in [0.4, 0.5) is 0 Å². The van der Waals surface area contributed by atoms with Gasteiger partial charge in [-0.1, -0.05) is 42.3 Å². The lowest BCUT2D eigenvalue weighted by Gasteiger charge is -2.18. The van der Waals surface area contributed by atoms with Crippen molar-refractivity contribution in [1.29, 1.82) is 0 Å². The smallest absolute Gasteiger partial charge is 0.0453 e. The topological polar surface area (TPSA) is 12.0 Å². The van der Waals surface area contributed by atoms with Crippen molar-refractivity contribution in [2.45, 2.75) is 32.2 Å². The molecule has 1 N–H and O–H groups in total. The van der Waals surface area contributed by atoms with Crippen LogP contribution in [-0.2, 0) is 12.8 Å². The highest BCUT2D eigenvalue weighted by molar-refractivity contribution is 7.09. The molecule has 0 saturated carbocycles. The van der Waals surface area contributed by atoms with Crippen LogP contribution in [0.15, 0.2) is 35.7 Å². The van der Waals surface area contributed by atoms with Gasteiger partial charge in [-0.3, -0.25) is 0 Å². The second-order valence-corrected chi connectivity index (χ2v) is 6.75. The average molecular weight is 328 g/mol. The Labute approximate surface area is 134 Å². The molecule has 1 nitrogen and oxygen atoms in total. The predicted octanol–water partition coefficient (Wildman–Crippen LogP) is 5.21. The van der Waals surface area contributed by atoms with Crippen LogP contribution in [0.1, 0.15) is 23.8 Å². The maximum atomic E-state index is 6.28. The van der Waals surface area contributed by atoms with E-state index in [-0.39, 0.29) is 0 Å². The van der Waals surface area contributed by atoms with Gasteiger partial charge in [0.2, 0.25) is 0 Å². The Kier molecular flexibility index (Phi) is 6.37. The van der Waals surface area contributed by atoms with Crippen molar-refractivity contribution in [1.82, 2.24) is 5.32 Å². The van der Waals surface area contributed by atoms with Gasteiger partial charge < -0.3 is 5.32 Å². The summed E-state index contributed by atoms with van der Waals surface area (Å²) in [5.41, 5.74) is 1.15. The molecule has 1 aromatic heterocycles. The number of hydrogen-bond donors (Lipinski definition) is 1. The van der Waals surface area contributed by atoms with Crippen molar-refractivity contribution in [3.8, 4) is 0 Å². The normalized spacial score (nSPS) is 12.6. The Bertz CT molecular complexity index is 525. The molecule has 0 fully saturated rings. The first-order valence-electron chi connectivity index (χ1n) is 6.88. The molecule has 108 valence electrons. The molecule has 1 heterocycles. The van der Waals surface area contributed by atoms with E-state index < -0.39 is 0 Å². The highest BCUT2D eigenvalue weighted by Gasteiger charge is 2.12. The Hall–Kier alpha value is -0.540. The summed E-state index contributed by atoms with van der Waals surface area (Å²) >= 11 is 14.0. The third-order valence-electron chi connectivity index (χ3n) is 3.19. The number of halogens is 2. The third kappa shape index (κ3) is 4.78. The number of hydrogen-bond acceptors (Lipinski definition) is 2. The second kappa shape index (κ2) is 8.04. The fourth-order valence-corrected chi connectivity index (χ4v) is 3.46. The molecule has 0 amide bonds. The minimum Gasteiger partial charge on any atom is -0.313 e. The first kappa shape index (κ1) is 15.8. The molecule has 1 aromatic carbocycles. The second-order valence-electron chi connectivity index (χ2n) is 4.87. The fraction of sp³-hybridized carbons (Fsp3) is 0.375. The Morgan fingerprint density at radius 1 is 1.20 bits per heavy atom. The van der Waals surface area contributed by atoms with Crippen LogP contribution < -0.4 is 5.32 Å². The fourth-order valence-electron chi connectivity index (χ4n) is 2.19. The molecule has 0 spiro atoms. The molecular formula is C16H19Cl2NS. The van der Waals surface area contributed by atoms with Gasteiger partial charge in [-0.25, -0.2) is 0 Å². The summed E-state index contributed by atoms with van der Waals surface area (Å²) in [6.45, 7) is 3.21. The van der Waals surface area contributed by atoms with Crippen LogP contribution >= 0.6 is 34.5 Å². The largest absolute Gasteiger partial charge is 0.313 e. The first-order chi connectivity index (χ1) is 9.69. The summed E-state index contributed by atoms with van der Waals surface area (Å²) in [7, 11) is 0. The van der Waals surface area contributed by atoms with Gasteiger partial charge in [-0.2, -0.15) is 0 Å². The summed E-state index contributed by atoms with van der Waals surface area (Å²) in [6.07, 6.45) is 3.10. The van der Waals surface area contributed by atoms with Crippen molar-refractivity contribution in [3.05, 3.63) is 56.2 Å². The minimum atomic E-state index is 0.410. The Morgan fingerprint density at radius 3 is 2.70 bits per heavy atom. The quantitative estimate of drug-likeness (QED) is 0.736. The van der Waals surface area contributed by atoms with E-state index in [0.717, 1.165) is 36.4 Å². The zero-order valence-corrected chi connectivity index (χ0v) is 13.9. The third-order valence-corrected chi connectivity index (χ3v) is 4.68. The van der Waals surface area contributed by atoms with Gasteiger partial charge in [0.1, 0.15) is 0 Å². The zero-order valence-electron chi connectivity index (χ0n) is 11.5. The van der Waals surface area contributed by atoms with E-state index in [1.54, 1.807) is 0 Å². The van der Waals surface area contributed by atoms with Crippen LogP contribution in [0.25, 0.3) is 0 Å². The van der Waals surface area contributed by atoms with E-state index >= 15 is 0 Å². The zero-order chi connectivity index (χ0) is 14.4. The summed E-state index contributed by atoms with van der Waals surface area (Å²) in [4.78, 5) is 1.41. The average Bonchev–Trinajstić information content (AvgIpc) is 2.92. The van der Waals surface area contributed by atoms with Crippen molar-refractivity contribution in [3.63, 3.8) is 0 Å². The van der Waals surface area contributed by atoms with Gasteiger partial charge >= 0.3 is 0 Å². The van der Waals surface area contributed by atoms with Gasteiger partial charge in [-0.15, -0.1) is 11.3 Å². The molecule has 1 unspecified atom stereocenters. The van der Waals surface area contributed by atoms with Gasteiger partial charge in [0.05, 0.1) is 0 Å². The van der Waals surface area contributed by atoms with Crippen LogP contribution in [0.2, 0.25) is 10.0 Å². The first-order valence-corrected chi connectivity index (χ1v) is 8.52. The van der Waals surface area contributed by atoms with E-state index in [0.29, 0.717) is 11.1 Å². The van der Waals surface area contributed by atoms with E-state index in [9.17, 15) is 0 Å². The summed E-state index contributed by atoms with van der Waals surface area (Å²) in [6, 6.07) is 10.5. The molecule has 2 aromatic rings. The standard InChI is InChI=1S/C16H19Cl2NS/c1-2-7-19-14(11-15-4-3-8-20-15)9-12-5-6-13(17)10-16(12)18/h3-6,8,10,14,19H,2,7,9,11H2,1H3. The number of thiophene rings is 1. The minimum absolute atomic E-state index is 0.410. The Balaban J connectivity index is 2.06. The summed E-state index contributed by atoms with van der Waals surface area (Å²) in [5.74, 6) is 0. The van der Waals surface area contributed by atoms with Crippen molar-refractivity contribution in [2.24, 2.45) is 0 Å². The van der Waals surface area contributed by atoms with E-state index in [4.69, 9.17) is 23.2 Å². The van der Waals surface area contributed by atoms with Gasteiger partial charge in [0, 0.05) is 21.0 Å². The lowest BCUT2D eigenvalue weighted by molar-refractivity contribution is 0.507. The van der Waals surface area contributed by atoms with E-state index in [1.807, 2.05) is 29.5 Å². The molecule has 20 heavy (non-hydrogen) atoms. The Morgan fingerprint density at radius 2 is 2.05 bits per heavy atom. The maximum absolute atomic E-state index is 6.28. The number of nitrogens with one attached hydrogen (secondary N) is 1. The molecule has 2 rings (SSSR count). The molecule has 0 saturated heterocycles. The molecule has 0 bridgehead atoms. The van der Waals surface area contributed by atoms with Crippen LogP contribution in [-0.4, -0.2) is 12.6 Å². The van der Waals surface area contributed by atoms with Crippen LogP contribution in [0.3, 0.4) is 0 Å². The molecule has 1 atom stereocenters. The lowest BCUT2D eigenvalue weighted by atomic mass is 10.0. The highest BCUT2D eigenvalue weighted by atomic mass is 35.5. The maximum Gasteiger partial charge on any atom is 0.0453 e. The number of benzene rings is 1. The van der Waals surface area contributed by atoms with Crippen molar-refractivity contribution < 1.29 is 0 Å². The molecule has 0 aliphatic carbocycles. The SMILES string of the molecule is CCCNC(Cc1cccs1)Cc1ccc(Cl)cc1Cl. The van der Waals surface area contributed by atoms with Gasteiger partial charge in [0.25, 0.3) is 0 Å². The monoisotopic (exact) mass is 327 g/mol. The molecular weight excluding hydrogens is 309 g/mol. The lowest BCUT2D eigenvalue weighted by Crippen LogP contribution is -2.33. The molecule has 0 aliphatic heterocycles. The van der Waals surface area contributed by atoms with Crippen molar-refractivity contribution >= 4 is 34.5 Å². The van der Waals surface area contributed by atoms with Gasteiger partial charge in [0.15, 0.2) is 0 Å². The van der Waals surface area contributed by atoms with E-state index in [2.05, 4.69) is 29.8 Å². The van der Waals surface area contributed by atoms with E-state index in [1.165, 1.54) is 4.88 Å². The molecule has 0 radical (unpaired) electrons. The number of rotatable bonds is 7. The highest BCUT2D eigenvalue weighted by Crippen LogP contribution is 2.23. The predicted molar refractivity (Wildman–Crippen MR) is 90.3 cm³/mol. The van der Waals surface area contributed by atoms with Crippen molar-refractivity contribution in [2.75, 3.05) is 6.54 Å². The van der Waals surface area contributed by atoms with Gasteiger partial charge in [-0.05, 0) is 54.9 Å². The molecule has 4 heteroatoms. The van der Waals surface area contributed by atoms with Crippen LogP contribution in [0, 0.1) is 0 Å².